The molecule has 0 amide bonds. The van der Waals surface area contributed by atoms with Gasteiger partial charge in [-0.3, -0.25) is 0 Å². The summed E-state index contributed by atoms with van der Waals surface area (Å²) in [6, 6.07) is 9.12. The number of para-hydroxylation sites is 1. The number of hydrogen-bond donors (Lipinski definition) is 1. The Morgan fingerprint density at radius 1 is 1.28 bits per heavy atom. The van der Waals surface area contributed by atoms with Gasteiger partial charge in [-0.1, -0.05) is 38.5 Å². The molecular formula is C16H25NO. The Morgan fingerprint density at radius 3 is 2.89 bits per heavy atom. The SMILES string of the molecule is CCCNC(CCC)C1CCOc2ccccc21. The maximum atomic E-state index is 5.76. The van der Waals surface area contributed by atoms with E-state index < -0.39 is 0 Å². The molecule has 2 rings (SSSR count). The summed E-state index contributed by atoms with van der Waals surface area (Å²) < 4.78 is 5.76. The molecule has 100 valence electrons. The summed E-state index contributed by atoms with van der Waals surface area (Å²) in [7, 11) is 0. The summed E-state index contributed by atoms with van der Waals surface area (Å²) in [5.74, 6) is 1.70. The zero-order valence-electron chi connectivity index (χ0n) is 11.6. The topological polar surface area (TPSA) is 21.3 Å². The van der Waals surface area contributed by atoms with E-state index in [1.165, 1.54) is 24.8 Å². The summed E-state index contributed by atoms with van der Waals surface area (Å²) in [6.45, 7) is 6.47. The molecule has 2 heteroatoms. The molecule has 0 radical (unpaired) electrons. The predicted octanol–water partition coefficient (Wildman–Crippen LogP) is 3.72. The highest BCUT2D eigenvalue weighted by Crippen LogP contribution is 2.36. The van der Waals surface area contributed by atoms with Crippen LogP contribution in [0.2, 0.25) is 0 Å². The first-order valence-electron chi connectivity index (χ1n) is 7.32. The third-order valence-electron chi connectivity index (χ3n) is 3.75. The molecule has 0 spiro atoms. The Bertz CT molecular complexity index is 364. The first-order valence-corrected chi connectivity index (χ1v) is 7.32. The molecule has 0 aliphatic carbocycles. The zero-order valence-corrected chi connectivity index (χ0v) is 11.6. The van der Waals surface area contributed by atoms with Crippen LogP contribution in [-0.4, -0.2) is 19.2 Å². The van der Waals surface area contributed by atoms with E-state index in [-0.39, 0.29) is 0 Å². The van der Waals surface area contributed by atoms with Crippen molar-refractivity contribution in [1.29, 1.82) is 0 Å². The van der Waals surface area contributed by atoms with Crippen LogP contribution in [0.15, 0.2) is 24.3 Å². The molecule has 1 N–H and O–H groups in total. The molecule has 1 aromatic rings. The number of ether oxygens (including phenoxy) is 1. The maximum absolute atomic E-state index is 5.76. The van der Waals surface area contributed by atoms with E-state index in [4.69, 9.17) is 4.74 Å². The van der Waals surface area contributed by atoms with Crippen molar-refractivity contribution in [2.75, 3.05) is 13.2 Å². The number of nitrogens with one attached hydrogen (secondary N) is 1. The van der Waals surface area contributed by atoms with Gasteiger partial charge in [0.05, 0.1) is 6.61 Å². The molecule has 0 saturated heterocycles. The lowest BCUT2D eigenvalue weighted by Gasteiger charge is -2.33. The van der Waals surface area contributed by atoms with Crippen molar-refractivity contribution in [2.24, 2.45) is 0 Å². The van der Waals surface area contributed by atoms with Gasteiger partial charge < -0.3 is 10.1 Å². The molecule has 2 nitrogen and oxygen atoms in total. The van der Waals surface area contributed by atoms with Crippen molar-refractivity contribution < 1.29 is 4.74 Å². The fraction of sp³-hybridized carbons (Fsp3) is 0.625. The van der Waals surface area contributed by atoms with E-state index in [0.717, 1.165) is 25.3 Å². The summed E-state index contributed by atoms with van der Waals surface area (Å²) in [5, 5.41) is 3.73. The second kappa shape index (κ2) is 6.79. The van der Waals surface area contributed by atoms with Gasteiger partial charge >= 0.3 is 0 Å². The Morgan fingerprint density at radius 2 is 2.11 bits per heavy atom. The van der Waals surface area contributed by atoms with Crippen LogP contribution < -0.4 is 10.1 Å². The molecule has 1 aliphatic rings. The summed E-state index contributed by atoms with van der Waals surface area (Å²) >= 11 is 0. The van der Waals surface area contributed by atoms with Crippen LogP contribution in [0.3, 0.4) is 0 Å². The largest absolute Gasteiger partial charge is 0.493 e. The van der Waals surface area contributed by atoms with E-state index in [2.05, 4.69) is 43.4 Å². The fourth-order valence-corrected chi connectivity index (χ4v) is 2.87. The van der Waals surface area contributed by atoms with Gasteiger partial charge in [0.25, 0.3) is 0 Å². The molecule has 2 atom stereocenters. The highest BCUT2D eigenvalue weighted by Gasteiger charge is 2.27. The van der Waals surface area contributed by atoms with Gasteiger partial charge in [-0.15, -0.1) is 0 Å². The van der Waals surface area contributed by atoms with Crippen LogP contribution in [0.4, 0.5) is 0 Å². The molecule has 0 aromatic heterocycles. The van der Waals surface area contributed by atoms with Crippen molar-refractivity contribution in [2.45, 2.75) is 51.5 Å². The molecule has 0 fully saturated rings. The first kappa shape index (κ1) is 13.4. The van der Waals surface area contributed by atoms with Crippen molar-refractivity contribution in [1.82, 2.24) is 5.32 Å². The van der Waals surface area contributed by atoms with Crippen molar-refractivity contribution in [3.63, 3.8) is 0 Å². The maximum Gasteiger partial charge on any atom is 0.122 e. The van der Waals surface area contributed by atoms with Gasteiger partial charge in [0.15, 0.2) is 0 Å². The molecule has 1 heterocycles. The van der Waals surface area contributed by atoms with Gasteiger partial charge in [-0.25, -0.2) is 0 Å². The Hall–Kier alpha value is -1.02. The third-order valence-corrected chi connectivity index (χ3v) is 3.75. The smallest absolute Gasteiger partial charge is 0.122 e. The van der Waals surface area contributed by atoms with E-state index in [0.29, 0.717) is 12.0 Å². The van der Waals surface area contributed by atoms with Crippen LogP contribution in [0.5, 0.6) is 5.75 Å². The van der Waals surface area contributed by atoms with Crippen LogP contribution in [0, 0.1) is 0 Å². The fourth-order valence-electron chi connectivity index (χ4n) is 2.87. The van der Waals surface area contributed by atoms with Crippen molar-refractivity contribution in [3.8, 4) is 5.75 Å². The lowest BCUT2D eigenvalue weighted by molar-refractivity contribution is 0.241. The highest BCUT2D eigenvalue weighted by atomic mass is 16.5. The first-order chi connectivity index (χ1) is 8.86. The van der Waals surface area contributed by atoms with E-state index in [1.54, 1.807) is 0 Å². The predicted molar refractivity (Wildman–Crippen MR) is 76.3 cm³/mol. The molecule has 2 unspecified atom stereocenters. The Kier molecular flexibility index (Phi) is 5.06. The van der Waals surface area contributed by atoms with E-state index >= 15 is 0 Å². The minimum atomic E-state index is 0.597. The van der Waals surface area contributed by atoms with Gasteiger partial charge in [-0.2, -0.15) is 0 Å². The number of fused-ring (bicyclic) bond motifs is 1. The molecular weight excluding hydrogens is 222 g/mol. The summed E-state index contributed by atoms with van der Waals surface area (Å²) in [4.78, 5) is 0. The minimum Gasteiger partial charge on any atom is -0.493 e. The van der Waals surface area contributed by atoms with Gasteiger partial charge in [0.1, 0.15) is 5.75 Å². The second-order valence-electron chi connectivity index (χ2n) is 5.13. The lowest BCUT2D eigenvalue weighted by atomic mass is 9.84. The number of hydrogen-bond acceptors (Lipinski definition) is 2. The van der Waals surface area contributed by atoms with Crippen LogP contribution in [0.25, 0.3) is 0 Å². The Labute approximate surface area is 111 Å². The summed E-state index contributed by atoms with van der Waals surface area (Å²) in [5.41, 5.74) is 1.39. The molecule has 1 aliphatic heterocycles. The highest BCUT2D eigenvalue weighted by molar-refractivity contribution is 5.38. The zero-order chi connectivity index (χ0) is 12.8. The quantitative estimate of drug-likeness (QED) is 0.827. The van der Waals surface area contributed by atoms with Gasteiger partial charge in [0.2, 0.25) is 0 Å². The Balaban J connectivity index is 2.15. The molecule has 1 aromatic carbocycles. The average molecular weight is 247 g/mol. The standard InChI is InChI=1S/C16H25NO/c1-3-7-15(17-11-4-2)13-10-12-18-16-9-6-5-8-14(13)16/h5-6,8-9,13,15,17H,3-4,7,10-12H2,1-2H3. The summed E-state index contributed by atoms with van der Waals surface area (Å²) in [6.07, 6.45) is 4.82. The monoisotopic (exact) mass is 247 g/mol. The van der Waals surface area contributed by atoms with Crippen LogP contribution in [0.1, 0.15) is 51.0 Å². The van der Waals surface area contributed by atoms with E-state index in [1.807, 2.05) is 0 Å². The third kappa shape index (κ3) is 3.05. The number of rotatable bonds is 6. The van der Waals surface area contributed by atoms with Crippen molar-refractivity contribution in [3.05, 3.63) is 29.8 Å². The average Bonchev–Trinajstić information content (AvgIpc) is 2.43. The van der Waals surface area contributed by atoms with Crippen molar-refractivity contribution >= 4 is 0 Å². The molecule has 0 saturated carbocycles. The van der Waals surface area contributed by atoms with Crippen LogP contribution >= 0.6 is 0 Å². The normalized spacial score (nSPS) is 20.0. The van der Waals surface area contributed by atoms with Gasteiger partial charge in [-0.05, 0) is 37.4 Å². The van der Waals surface area contributed by atoms with Crippen LogP contribution in [-0.2, 0) is 0 Å². The minimum absolute atomic E-state index is 0.597. The van der Waals surface area contributed by atoms with Gasteiger partial charge in [0, 0.05) is 12.0 Å². The second-order valence-corrected chi connectivity index (χ2v) is 5.13. The number of benzene rings is 1. The molecule has 18 heavy (non-hydrogen) atoms. The van der Waals surface area contributed by atoms with E-state index in [9.17, 15) is 0 Å². The molecule has 0 bridgehead atoms. The lowest BCUT2D eigenvalue weighted by Crippen LogP contribution is -2.37.